The van der Waals surface area contributed by atoms with Gasteiger partial charge in [-0.25, -0.2) is 4.68 Å². The molecule has 1 fully saturated rings. The van der Waals surface area contributed by atoms with Crippen LogP contribution in [0.1, 0.15) is 45.6 Å². The third kappa shape index (κ3) is 3.74. The second kappa shape index (κ2) is 8.60. The highest BCUT2D eigenvalue weighted by molar-refractivity contribution is 6.08. The smallest absolute Gasteiger partial charge is 0.291 e. The van der Waals surface area contributed by atoms with Gasteiger partial charge >= 0.3 is 0 Å². The summed E-state index contributed by atoms with van der Waals surface area (Å²) >= 11 is 0. The lowest BCUT2D eigenvalue weighted by molar-refractivity contribution is -0.123. The van der Waals surface area contributed by atoms with Crippen LogP contribution in [-0.4, -0.2) is 50.8 Å². The number of nitrogens with one attached hydrogen (secondary N) is 1. The van der Waals surface area contributed by atoms with Crippen LogP contribution in [0.3, 0.4) is 0 Å². The fraction of sp³-hybridized carbons (Fsp3) is 0.522. The first kappa shape index (κ1) is 20.6. The molecule has 7 nitrogen and oxygen atoms in total. The van der Waals surface area contributed by atoms with Gasteiger partial charge < -0.3 is 14.8 Å². The van der Waals surface area contributed by atoms with E-state index >= 15 is 0 Å². The zero-order chi connectivity index (χ0) is 21.3. The van der Waals surface area contributed by atoms with E-state index in [4.69, 9.17) is 0 Å². The molecule has 0 bridgehead atoms. The van der Waals surface area contributed by atoms with E-state index in [1.807, 2.05) is 35.8 Å². The highest BCUT2D eigenvalue weighted by Crippen LogP contribution is 2.29. The summed E-state index contributed by atoms with van der Waals surface area (Å²) in [6.07, 6.45) is 6.49. The fourth-order valence-electron chi connectivity index (χ4n) is 4.64. The molecule has 0 saturated carbocycles. The maximum absolute atomic E-state index is 13.0. The van der Waals surface area contributed by atoms with Gasteiger partial charge in [0.15, 0.2) is 0 Å². The van der Waals surface area contributed by atoms with E-state index in [-0.39, 0.29) is 11.5 Å². The number of hydrogen-bond acceptors (Lipinski definition) is 4. The lowest BCUT2D eigenvalue weighted by Gasteiger charge is -2.33. The van der Waals surface area contributed by atoms with Crippen LogP contribution in [0.5, 0.6) is 0 Å². The predicted octanol–water partition coefficient (Wildman–Crippen LogP) is 2.83. The molecule has 0 unspecified atom stereocenters. The van der Waals surface area contributed by atoms with Gasteiger partial charge in [0.2, 0.25) is 5.91 Å². The molecule has 160 valence electrons. The summed E-state index contributed by atoms with van der Waals surface area (Å²) in [4.78, 5) is 28.3. The first-order chi connectivity index (χ1) is 14.5. The lowest BCUT2D eigenvalue weighted by atomic mass is 10.0. The molecule has 1 aliphatic heterocycles. The van der Waals surface area contributed by atoms with E-state index < -0.39 is 6.04 Å². The molecule has 0 aliphatic carbocycles. The summed E-state index contributed by atoms with van der Waals surface area (Å²) in [5.74, 6) is -0.0665. The van der Waals surface area contributed by atoms with Crippen molar-refractivity contribution in [3.63, 3.8) is 0 Å². The van der Waals surface area contributed by atoms with Crippen molar-refractivity contribution in [3.05, 3.63) is 40.8 Å². The van der Waals surface area contributed by atoms with E-state index in [9.17, 15) is 9.59 Å². The summed E-state index contributed by atoms with van der Waals surface area (Å²) in [6.45, 7) is 6.95. The second-order valence-electron chi connectivity index (χ2n) is 8.42. The molecule has 30 heavy (non-hydrogen) atoms. The second-order valence-corrected chi connectivity index (χ2v) is 8.42. The monoisotopic (exact) mass is 409 g/mol. The molecule has 0 spiro atoms. The number of para-hydroxylation sites is 1. The topological polar surface area (TPSA) is 72.2 Å². The van der Waals surface area contributed by atoms with Gasteiger partial charge in [0.25, 0.3) is 5.56 Å². The summed E-state index contributed by atoms with van der Waals surface area (Å²) in [6, 6.07) is 7.94. The summed E-state index contributed by atoms with van der Waals surface area (Å²) in [5.41, 5.74) is 1.21. The molecule has 1 amide bonds. The normalized spacial score (nSPS) is 18.7. The molecule has 2 aromatic heterocycles. The van der Waals surface area contributed by atoms with Crippen LogP contribution in [0.4, 0.5) is 0 Å². The van der Waals surface area contributed by atoms with Gasteiger partial charge in [-0.2, -0.15) is 5.10 Å². The molecule has 3 aromatic rings. The number of aryl methyl sites for hydroxylation is 1. The average Bonchev–Trinajstić information content (AvgIpc) is 3.09. The first-order valence-corrected chi connectivity index (χ1v) is 11.0. The minimum Gasteiger partial charge on any atom is -0.354 e. The quantitative estimate of drug-likeness (QED) is 0.636. The van der Waals surface area contributed by atoms with Gasteiger partial charge in [-0.05, 0) is 45.7 Å². The molecule has 4 rings (SSSR count). The first-order valence-electron chi connectivity index (χ1n) is 11.0. The Bertz CT molecular complexity index is 1120. The third-order valence-electron chi connectivity index (χ3n) is 6.43. The van der Waals surface area contributed by atoms with E-state index in [0.717, 1.165) is 35.8 Å². The van der Waals surface area contributed by atoms with Crippen molar-refractivity contribution in [1.29, 1.82) is 0 Å². The number of nitrogens with zero attached hydrogens (tertiary/aromatic N) is 4. The number of carbonyl (C=O) groups excluding carboxylic acids is 1. The van der Waals surface area contributed by atoms with E-state index in [0.29, 0.717) is 18.1 Å². The van der Waals surface area contributed by atoms with Crippen molar-refractivity contribution in [2.75, 3.05) is 19.6 Å². The summed E-state index contributed by atoms with van der Waals surface area (Å²) in [5, 5.41) is 8.97. The number of amides is 1. The number of piperidine rings is 1. The van der Waals surface area contributed by atoms with Gasteiger partial charge in [-0.15, -0.1) is 0 Å². The van der Waals surface area contributed by atoms with Gasteiger partial charge in [-0.1, -0.05) is 24.6 Å². The zero-order valence-corrected chi connectivity index (χ0v) is 18.1. The molecular formula is C23H31N5O2. The van der Waals surface area contributed by atoms with Crippen LogP contribution in [0, 0.1) is 0 Å². The molecule has 0 radical (unpaired) electrons. The van der Waals surface area contributed by atoms with Gasteiger partial charge in [0.05, 0.1) is 11.7 Å². The Labute approximate surface area is 176 Å². The van der Waals surface area contributed by atoms with E-state index in [1.54, 1.807) is 13.2 Å². The van der Waals surface area contributed by atoms with Crippen molar-refractivity contribution in [3.8, 4) is 0 Å². The van der Waals surface area contributed by atoms with Crippen LogP contribution in [-0.2, 0) is 11.8 Å². The lowest BCUT2D eigenvalue weighted by Crippen LogP contribution is -2.39. The molecule has 1 saturated heterocycles. The largest absolute Gasteiger partial charge is 0.354 e. The summed E-state index contributed by atoms with van der Waals surface area (Å²) in [7, 11) is 1.64. The Morgan fingerprint density at radius 2 is 2.07 bits per heavy atom. The Hall–Kier alpha value is -2.67. The molecule has 2 atom stereocenters. The Morgan fingerprint density at radius 1 is 1.27 bits per heavy atom. The number of carbonyl (C=O) groups is 1. The number of hydrogen-bond donors (Lipinski definition) is 1. The highest BCUT2D eigenvalue weighted by Gasteiger charge is 2.23. The van der Waals surface area contributed by atoms with Crippen molar-refractivity contribution >= 4 is 27.7 Å². The average molecular weight is 410 g/mol. The molecule has 3 heterocycles. The molecule has 1 aromatic carbocycles. The maximum atomic E-state index is 13.0. The molecular weight excluding hydrogens is 378 g/mol. The fourth-order valence-corrected chi connectivity index (χ4v) is 4.64. The van der Waals surface area contributed by atoms with Crippen LogP contribution in [0.2, 0.25) is 0 Å². The van der Waals surface area contributed by atoms with Gasteiger partial charge in [-0.3, -0.25) is 9.59 Å². The highest BCUT2D eigenvalue weighted by atomic mass is 16.2. The molecule has 1 N–H and O–H groups in total. The molecule has 1 aliphatic rings. The van der Waals surface area contributed by atoms with Crippen LogP contribution in [0.25, 0.3) is 21.8 Å². The standard InChI is InChI=1S/C23H31N5O2/c1-16-9-6-7-13-27(16)14-8-12-24-22(29)17(2)28-20-11-5-4-10-18(20)19-15-25-26(3)23(30)21(19)28/h4-5,10-11,15-17H,6-9,12-14H2,1-3H3,(H,24,29)/t16-,17+/m0/s1. The predicted molar refractivity (Wildman–Crippen MR) is 120 cm³/mol. The Morgan fingerprint density at radius 3 is 2.87 bits per heavy atom. The summed E-state index contributed by atoms with van der Waals surface area (Å²) < 4.78 is 3.18. The number of aromatic nitrogens is 3. The van der Waals surface area contributed by atoms with E-state index in [1.165, 1.54) is 23.9 Å². The maximum Gasteiger partial charge on any atom is 0.291 e. The Kier molecular flexibility index (Phi) is 5.90. The Balaban J connectivity index is 1.52. The van der Waals surface area contributed by atoms with Crippen molar-refractivity contribution in [2.45, 2.75) is 51.6 Å². The number of fused-ring (bicyclic) bond motifs is 3. The van der Waals surface area contributed by atoms with Crippen molar-refractivity contribution < 1.29 is 4.79 Å². The van der Waals surface area contributed by atoms with Crippen LogP contribution in [0.15, 0.2) is 35.3 Å². The minimum atomic E-state index is -0.489. The van der Waals surface area contributed by atoms with Crippen LogP contribution >= 0.6 is 0 Å². The number of rotatable bonds is 6. The molecule has 7 heteroatoms. The van der Waals surface area contributed by atoms with Crippen molar-refractivity contribution in [2.24, 2.45) is 7.05 Å². The van der Waals surface area contributed by atoms with Crippen LogP contribution < -0.4 is 10.9 Å². The third-order valence-corrected chi connectivity index (χ3v) is 6.43. The SMILES string of the molecule is C[C@H](C(=O)NCCCN1CCCC[C@@H]1C)n1c2ccccc2c2cnn(C)c(=O)c21. The van der Waals surface area contributed by atoms with E-state index in [2.05, 4.69) is 22.2 Å². The number of likely N-dealkylation sites (tertiary alicyclic amines) is 1. The minimum absolute atomic E-state index is 0.0665. The van der Waals surface area contributed by atoms with Gasteiger partial charge in [0, 0.05) is 37.0 Å². The van der Waals surface area contributed by atoms with Gasteiger partial charge in [0.1, 0.15) is 11.6 Å². The van der Waals surface area contributed by atoms with Crippen molar-refractivity contribution in [1.82, 2.24) is 24.6 Å². The zero-order valence-electron chi connectivity index (χ0n) is 18.1. The number of benzene rings is 1.